The van der Waals surface area contributed by atoms with E-state index in [1.807, 2.05) is 6.92 Å². The van der Waals surface area contributed by atoms with Crippen LogP contribution in [0, 0.1) is 17.3 Å². The van der Waals surface area contributed by atoms with E-state index in [-0.39, 0.29) is 6.10 Å². The van der Waals surface area contributed by atoms with E-state index >= 15 is 0 Å². The van der Waals surface area contributed by atoms with Gasteiger partial charge in [-0.2, -0.15) is 0 Å². The third-order valence-corrected chi connectivity index (χ3v) is 4.83. The molecule has 0 aliphatic heterocycles. The number of hydrogen-bond donors (Lipinski definition) is 1. The van der Waals surface area contributed by atoms with Crippen LogP contribution in [0.3, 0.4) is 0 Å². The zero-order valence-corrected chi connectivity index (χ0v) is 11.4. The van der Waals surface area contributed by atoms with Gasteiger partial charge >= 0.3 is 0 Å². The van der Waals surface area contributed by atoms with E-state index in [0.29, 0.717) is 23.2 Å². The van der Waals surface area contributed by atoms with Crippen LogP contribution in [0.2, 0.25) is 0 Å². The van der Waals surface area contributed by atoms with Crippen molar-refractivity contribution in [3.05, 3.63) is 35.9 Å². The summed E-state index contributed by atoms with van der Waals surface area (Å²) in [7, 11) is 0. The maximum atomic E-state index is 9.62. The summed E-state index contributed by atoms with van der Waals surface area (Å²) in [6.45, 7) is 8.88. The highest BCUT2D eigenvalue weighted by Gasteiger charge is 2.60. The molecule has 17 heavy (non-hydrogen) atoms. The summed E-state index contributed by atoms with van der Waals surface area (Å²) < 4.78 is 0. The van der Waals surface area contributed by atoms with E-state index in [1.54, 1.807) is 0 Å². The van der Waals surface area contributed by atoms with Crippen molar-refractivity contribution in [3.8, 4) is 0 Å². The summed E-state index contributed by atoms with van der Waals surface area (Å²) in [6.07, 6.45) is 0.742. The molecule has 0 aromatic heterocycles. The molecule has 2 rings (SSSR count). The Morgan fingerprint density at radius 3 is 2.35 bits per heavy atom. The molecule has 0 radical (unpaired) electrons. The molecule has 0 saturated heterocycles. The molecule has 1 saturated carbocycles. The van der Waals surface area contributed by atoms with E-state index in [2.05, 4.69) is 51.1 Å². The highest BCUT2D eigenvalue weighted by Crippen LogP contribution is 2.66. The van der Waals surface area contributed by atoms with Crippen molar-refractivity contribution < 1.29 is 5.11 Å². The Balaban J connectivity index is 2.10. The topological polar surface area (TPSA) is 20.2 Å². The number of aliphatic hydroxyl groups is 1. The van der Waals surface area contributed by atoms with Crippen molar-refractivity contribution in [2.75, 3.05) is 0 Å². The highest BCUT2D eigenvalue weighted by molar-refractivity contribution is 5.24. The third kappa shape index (κ3) is 2.26. The summed E-state index contributed by atoms with van der Waals surface area (Å²) in [4.78, 5) is 0. The summed E-state index contributed by atoms with van der Waals surface area (Å²) in [5.41, 5.74) is 1.75. The summed E-state index contributed by atoms with van der Waals surface area (Å²) in [5.74, 6) is 2.02. The molecular weight excluding hydrogens is 208 g/mol. The van der Waals surface area contributed by atoms with Crippen LogP contribution in [-0.2, 0) is 0 Å². The van der Waals surface area contributed by atoms with Gasteiger partial charge in [-0.3, -0.25) is 0 Å². The van der Waals surface area contributed by atoms with Gasteiger partial charge in [-0.15, -0.1) is 0 Å². The number of aliphatic hydroxyl groups excluding tert-OH is 1. The Bertz CT molecular complexity index is 370. The van der Waals surface area contributed by atoms with Gasteiger partial charge in [0.25, 0.3) is 0 Å². The van der Waals surface area contributed by atoms with Gasteiger partial charge in [-0.25, -0.2) is 0 Å². The van der Waals surface area contributed by atoms with Crippen molar-refractivity contribution in [1.82, 2.24) is 0 Å². The van der Waals surface area contributed by atoms with E-state index < -0.39 is 0 Å². The van der Waals surface area contributed by atoms with E-state index in [0.717, 1.165) is 6.42 Å². The second-order valence-corrected chi connectivity index (χ2v) is 6.07. The standard InChI is InChI=1S/C16H24O/c1-11(17)10-16(4)13(3)15(16)12(2)14-8-6-5-7-9-14/h5-9,11-13,15,17H,10H2,1-4H3/t11?,12?,13?,15?,16-/m0/s1. The van der Waals surface area contributed by atoms with E-state index in [9.17, 15) is 5.11 Å². The van der Waals surface area contributed by atoms with Gasteiger partial charge in [-0.1, -0.05) is 51.1 Å². The first kappa shape index (κ1) is 12.6. The lowest BCUT2D eigenvalue weighted by Crippen LogP contribution is -2.12. The van der Waals surface area contributed by atoms with Crippen molar-refractivity contribution in [2.24, 2.45) is 17.3 Å². The largest absolute Gasteiger partial charge is 0.393 e. The van der Waals surface area contributed by atoms with Crippen LogP contribution in [0.4, 0.5) is 0 Å². The van der Waals surface area contributed by atoms with Gasteiger partial charge < -0.3 is 5.11 Å². The molecule has 1 nitrogen and oxygen atoms in total. The minimum Gasteiger partial charge on any atom is -0.393 e. The number of hydrogen-bond acceptors (Lipinski definition) is 1. The monoisotopic (exact) mass is 232 g/mol. The fourth-order valence-electron chi connectivity index (χ4n) is 3.77. The van der Waals surface area contributed by atoms with Gasteiger partial charge in [0.05, 0.1) is 6.10 Å². The molecule has 1 fully saturated rings. The zero-order chi connectivity index (χ0) is 12.6. The molecule has 0 spiro atoms. The molecular formula is C16H24O. The predicted molar refractivity (Wildman–Crippen MR) is 71.9 cm³/mol. The SMILES string of the molecule is CC(O)C[C@@]1(C)C(C)C1C(C)c1ccccc1. The van der Waals surface area contributed by atoms with Crippen LogP contribution < -0.4 is 0 Å². The molecule has 1 aromatic carbocycles. The third-order valence-electron chi connectivity index (χ3n) is 4.83. The summed E-state index contributed by atoms with van der Waals surface area (Å²) >= 11 is 0. The van der Waals surface area contributed by atoms with Crippen LogP contribution in [0.1, 0.15) is 45.6 Å². The fraction of sp³-hybridized carbons (Fsp3) is 0.625. The van der Waals surface area contributed by atoms with Crippen LogP contribution >= 0.6 is 0 Å². The Morgan fingerprint density at radius 2 is 1.82 bits per heavy atom. The zero-order valence-electron chi connectivity index (χ0n) is 11.4. The lowest BCUT2D eigenvalue weighted by molar-refractivity contribution is 0.149. The molecule has 1 heteroatoms. The average Bonchev–Trinajstić information content (AvgIpc) is 2.79. The first-order valence-electron chi connectivity index (χ1n) is 6.70. The van der Waals surface area contributed by atoms with Crippen LogP contribution in [0.15, 0.2) is 30.3 Å². The molecule has 1 aliphatic rings. The van der Waals surface area contributed by atoms with Gasteiger partial charge in [-0.05, 0) is 42.1 Å². The summed E-state index contributed by atoms with van der Waals surface area (Å²) in [5, 5.41) is 9.62. The highest BCUT2D eigenvalue weighted by atomic mass is 16.3. The molecule has 1 aromatic rings. The quantitative estimate of drug-likeness (QED) is 0.836. The number of benzene rings is 1. The molecule has 4 unspecified atom stereocenters. The van der Waals surface area contributed by atoms with Gasteiger partial charge in [0.2, 0.25) is 0 Å². The first-order valence-corrected chi connectivity index (χ1v) is 6.70. The molecule has 1 aliphatic carbocycles. The maximum absolute atomic E-state index is 9.62. The lowest BCUT2D eigenvalue weighted by Gasteiger charge is -2.18. The Kier molecular flexibility index (Phi) is 3.31. The van der Waals surface area contributed by atoms with Crippen LogP contribution in [-0.4, -0.2) is 11.2 Å². The van der Waals surface area contributed by atoms with Crippen molar-refractivity contribution in [1.29, 1.82) is 0 Å². The smallest absolute Gasteiger partial charge is 0.0517 e. The van der Waals surface area contributed by atoms with E-state index in [4.69, 9.17) is 0 Å². The van der Waals surface area contributed by atoms with Crippen molar-refractivity contribution in [2.45, 2.75) is 46.1 Å². The molecule has 0 bridgehead atoms. The van der Waals surface area contributed by atoms with Crippen molar-refractivity contribution in [3.63, 3.8) is 0 Å². The predicted octanol–water partition coefficient (Wildman–Crippen LogP) is 3.83. The molecule has 0 heterocycles. The van der Waals surface area contributed by atoms with E-state index in [1.165, 1.54) is 5.56 Å². The Hall–Kier alpha value is -0.820. The first-order chi connectivity index (χ1) is 7.97. The second-order valence-electron chi connectivity index (χ2n) is 6.07. The average molecular weight is 232 g/mol. The Morgan fingerprint density at radius 1 is 1.24 bits per heavy atom. The second kappa shape index (κ2) is 4.45. The minimum absolute atomic E-state index is 0.185. The van der Waals surface area contributed by atoms with Crippen molar-refractivity contribution >= 4 is 0 Å². The molecule has 94 valence electrons. The summed E-state index contributed by atoms with van der Waals surface area (Å²) in [6, 6.07) is 10.7. The van der Waals surface area contributed by atoms with Crippen LogP contribution in [0.25, 0.3) is 0 Å². The molecule has 5 atom stereocenters. The number of rotatable bonds is 4. The van der Waals surface area contributed by atoms with Gasteiger partial charge in [0, 0.05) is 0 Å². The molecule has 1 N–H and O–H groups in total. The maximum Gasteiger partial charge on any atom is 0.0517 e. The van der Waals surface area contributed by atoms with Crippen LogP contribution in [0.5, 0.6) is 0 Å². The lowest BCUT2D eigenvalue weighted by atomic mass is 9.88. The Labute approximate surface area is 105 Å². The minimum atomic E-state index is -0.185. The normalized spacial score (nSPS) is 35.4. The molecule has 0 amide bonds. The van der Waals surface area contributed by atoms with Gasteiger partial charge in [0.1, 0.15) is 0 Å². The fourth-order valence-corrected chi connectivity index (χ4v) is 3.77. The van der Waals surface area contributed by atoms with Gasteiger partial charge in [0.15, 0.2) is 0 Å².